The molecule has 2 aromatic carbocycles. The molecule has 1 aliphatic rings. The van der Waals surface area contributed by atoms with Crippen LogP contribution in [0.15, 0.2) is 67.0 Å². The number of rotatable bonds is 6. The zero-order valence-corrected chi connectivity index (χ0v) is 18.4. The van der Waals surface area contributed by atoms with Crippen LogP contribution in [0, 0.1) is 6.92 Å². The molecular formula is C25H26ClN3O2. The molecule has 0 N–H and O–H groups in total. The second-order valence-corrected chi connectivity index (χ2v) is 8.26. The molecule has 5 nitrogen and oxygen atoms in total. The van der Waals surface area contributed by atoms with Gasteiger partial charge < -0.3 is 9.64 Å². The molecule has 0 bridgehead atoms. The molecule has 160 valence electrons. The van der Waals surface area contributed by atoms with Crippen molar-refractivity contribution < 1.29 is 9.53 Å². The van der Waals surface area contributed by atoms with Crippen molar-refractivity contribution in [2.45, 2.75) is 20.1 Å². The summed E-state index contributed by atoms with van der Waals surface area (Å²) in [6.07, 6.45) is 3.69. The first kappa shape index (κ1) is 21.3. The smallest absolute Gasteiger partial charge is 0.253 e. The summed E-state index contributed by atoms with van der Waals surface area (Å²) < 4.78 is 5.84. The Labute approximate surface area is 188 Å². The van der Waals surface area contributed by atoms with Crippen LogP contribution in [0.3, 0.4) is 0 Å². The second kappa shape index (κ2) is 9.94. The first-order chi connectivity index (χ1) is 15.1. The van der Waals surface area contributed by atoms with Gasteiger partial charge in [0.25, 0.3) is 5.91 Å². The molecular weight excluding hydrogens is 410 g/mol. The predicted molar refractivity (Wildman–Crippen MR) is 122 cm³/mol. The molecule has 1 amide bonds. The maximum atomic E-state index is 12.9. The van der Waals surface area contributed by atoms with Gasteiger partial charge in [-0.05, 0) is 53.9 Å². The van der Waals surface area contributed by atoms with Crippen molar-refractivity contribution >= 4 is 17.5 Å². The van der Waals surface area contributed by atoms with Gasteiger partial charge in [-0.15, -0.1) is 0 Å². The van der Waals surface area contributed by atoms with Gasteiger partial charge in [0, 0.05) is 50.7 Å². The molecule has 3 aromatic rings. The molecule has 1 fully saturated rings. The molecule has 0 unspecified atom stereocenters. The number of hydrogen-bond acceptors (Lipinski definition) is 4. The van der Waals surface area contributed by atoms with Gasteiger partial charge >= 0.3 is 0 Å². The number of ether oxygens (including phenoxy) is 1. The number of hydrogen-bond donors (Lipinski definition) is 0. The molecule has 6 heteroatoms. The quantitative estimate of drug-likeness (QED) is 0.568. The van der Waals surface area contributed by atoms with Gasteiger partial charge in [0.2, 0.25) is 0 Å². The van der Waals surface area contributed by atoms with Gasteiger partial charge in [-0.2, -0.15) is 0 Å². The molecule has 0 atom stereocenters. The van der Waals surface area contributed by atoms with E-state index in [9.17, 15) is 4.79 Å². The molecule has 0 spiro atoms. The molecule has 31 heavy (non-hydrogen) atoms. The van der Waals surface area contributed by atoms with Crippen molar-refractivity contribution in [3.8, 4) is 5.75 Å². The lowest BCUT2D eigenvalue weighted by Gasteiger charge is -2.34. The summed E-state index contributed by atoms with van der Waals surface area (Å²) in [7, 11) is 0. The maximum Gasteiger partial charge on any atom is 0.253 e. The third kappa shape index (κ3) is 5.63. The lowest BCUT2D eigenvalue weighted by molar-refractivity contribution is 0.0628. The Morgan fingerprint density at radius 2 is 1.81 bits per heavy atom. The highest BCUT2D eigenvalue weighted by atomic mass is 35.5. The Kier molecular flexibility index (Phi) is 6.85. The molecule has 1 saturated heterocycles. The van der Waals surface area contributed by atoms with Crippen LogP contribution in [0.2, 0.25) is 5.02 Å². The van der Waals surface area contributed by atoms with Crippen LogP contribution in [-0.4, -0.2) is 46.9 Å². The van der Waals surface area contributed by atoms with E-state index < -0.39 is 0 Å². The summed E-state index contributed by atoms with van der Waals surface area (Å²) in [6.45, 7) is 6.47. The first-order valence-corrected chi connectivity index (χ1v) is 10.8. The highest BCUT2D eigenvalue weighted by Crippen LogP contribution is 2.26. The Balaban J connectivity index is 1.29. The third-order valence-corrected chi connectivity index (χ3v) is 5.78. The standard InChI is InChI=1S/C25H26ClN3O2/c1-19-4-9-23(26)24(15-19)31-18-20-5-7-22(8-6-20)25(30)29-13-11-28(12-14-29)17-21-3-2-10-27-16-21/h2-10,15-16H,11-14,17-18H2,1H3. The van der Waals surface area contributed by atoms with Crippen molar-refractivity contribution in [1.82, 2.24) is 14.8 Å². The number of piperazine rings is 1. The van der Waals surface area contributed by atoms with Gasteiger partial charge in [0.15, 0.2) is 0 Å². The molecule has 4 rings (SSSR count). The number of carbonyl (C=O) groups is 1. The number of aryl methyl sites for hydroxylation is 1. The predicted octanol–water partition coefficient (Wildman–Crippen LogP) is 4.58. The maximum absolute atomic E-state index is 12.9. The monoisotopic (exact) mass is 435 g/mol. The van der Waals surface area contributed by atoms with E-state index in [2.05, 4.69) is 16.0 Å². The van der Waals surface area contributed by atoms with Crippen LogP contribution in [0.25, 0.3) is 0 Å². The second-order valence-electron chi connectivity index (χ2n) is 7.85. The van der Waals surface area contributed by atoms with Crippen LogP contribution >= 0.6 is 11.6 Å². The van der Waals surface area contributed by atoms with Crippen molar-refractivity contribution in [1.29, 1.82) is 0 Å². The lowest BCUT2D eigenvalue weighted by atomic mass is 10.1. The Hall–Kier alpha value is -2.89. The highest BCUT2D eigenvalue weighted by molar-refractivity contribution is 6.32. The Bertz CT molecular complexity index is 1020. The fraction of sp³-hybridized carbons (Fsp3) is 0.280. The van der Waals surface area contributed by atoms with E-state index in [0.717, 1.165) is 43.9 Å². The minimum Gasteiger partial charge on any atom is -0.487 e. The summed E-state index contributed by atoms with van der Waals surface area (Å²) in [5.74, 6) is 0.751. The highest BCUT2D eigenvalue weighted by Gasteiger charge is 2.22. The molecule has 0 aliphatic carbocycles. The van der Waals surface area contributed by atoms with Crippen molar-refractivity contribution in [3.05, 3.63) is 94.3 Å². The summed E-state index contributed by atoms with van der Waals surface area (Å²) in [5, 5.41) is 0.597. The lowest BCUT2D eigenvalue weighted by Crippen LogP contribution is -2.48. The first-order valence-electron chi connectivity index (χ1n) is 10.5. The average Bonchev–Trinajstić information content (AvgIpc) is 2.81. The van der Waals surface area contributed by atoms with Crippen LogP contribution in [-0.2, 0) is 13.2 Å². The largest absolute Gasteiger partial charge is 0.487 e. The van der Waals surface area contributed by atoms with E-state index in [4.69, 9.17) is 16.3 Å². The summed E-state index contributed by atoms with van der Waals surface area (Å²) in [6, 6.07) is 17.4. The van der Waals surface area contributed by atoms with E-state index in [1.54, 1.807) is 6.20 Å². The minimum absolute atomic E-state index is 0.0789. The van der Waals surface area contributed by atoms with E-state index >= 15 is 0 Å². The summed E-state index contributed by atoms with van der Waals surface area (Å²) >= 11 is 6.19. The van der Waals surface area contributed by atoms with Crippen molar-refractivity contribution in [2.75, 3.05) is 26.2 Å². The summed E-state index contributed by atoms with van der Waals surface area (Å²) in [4.78, 5) is 21.3. The third-order valence-electron chi connectivity index (χ3n) is 5.47. The molecule has 0 radical (unpaired) electrons. The van der Waals surface area contributed by atoms with Gasteiger partial charge in [0.1, 0.15) is 12.4 Å². The minimum atomic E-state index is 0.0789. The number of halogens is 1. The fourth-order valence-electron chi connectivity index (χ4n) is 3.67. The van der Waals surface area contributed by atoms with E-state index in [-0.39, 0.29) is 5.91 Å². The van der Waals surface area contributed by atoms with E-state index in [1.165, 1.54) is 5.56 Å². The number of benzene rings is 2. The molecule has 1 aliphatic heterocycles. The van der Waals surface area contributed by atoms with Crippen LogP contribution in [0.1, 0.15) is 27.0 Å². The van der Waals surface area contributed by atoms with Crippen LogP contribution in [0.4, 0.5) is 0 Å². The van der Waals surface area contributed by atoms with Crippen molar-refractivity contribution in [2.24, 2.45) is 0 Å². The van der Waals surface area contributed by atoms with E-state index in [0.29, 0.717) is 22.9 Å². The topological polar surface area (TPSA) is 45.7 Å². The number of nitrogens with zero attached hydrogens (tertiary/aromatic N) is 3. The van der Waals surface area contributed by atoms with Crippen molar-refractivity contribution in [3.63, 3.8) is 0 Å². The average molecular weight is 436 g/mol. The van der Waals surface area contributed by atoms with Crippen LogP contribution < -0.4 is 4.74 Å². The molecule has 2 heterocycles. The van der Waals surface area contributed by atoms with Gasteiger partial charge in [-0.3, -0.25) is 14.7 Å². The SMILES string of the molecule is Cc1ccc(Cl)c(OCc2ccc(C(=O)N3CCN(Cc4cccnc4)CC3)cc2)c1. The zero-order valence-electron chi connectivity index (χ0n) is 17.6. The van der Waals surface area contributed by atoms with Crippen LogP contribution in [0.5, 0.6) is 5.75 Å². The van der Waals surface area contributed by atoms with Gasteiger partial charge in [-0.1, -0.05) is 35.9 Å². The van der Waals surface area contributed by atoms with Gasteiger partial charge in [0.05, 0.1) is 5.02 Å². The number of aromatic nitrogens is 1. The number of pyridine rings is 1. The summed E-state index contributed by atoms with van der Waals surface area (Å²) in [5.41, 5.74) is 4.00. The zero-order chi connectivity index (χ0) is 21.6. The Morgan fingerprint density at radius 1 is 1.03 bits per heavy atom. The van der Waals surface area contributed by atoms with E-state index in [1.807, 2.05) is 66.6 Å². The molecule has 0 saturated carbocycles. The number of amides is 1. The Morgan fingerprint density at radius 3 is 2.52 bits per heavy atom. The fourth-order valence-corrected chi connectivity index (χ4v) is 3.84. The number of carbonyl (C=O) groups excluding carboxylic acids is 1. The molecule has 1 aromatic heterocycles. The normalized spacial score (nSPS) is 14.5. The van der Waals surface area contributed by atoms with Gasteiger partial charge in [-0.25, -0.2) is 0 Å².